The minimum absolute atomic E-state index is 0.291. The molecule has 0 spiro atoms. The van der Waals surface area contributed by atoms with Crippen molar-refractivity contribution in [2.75, 3.05) is 0 Å². The van der Waals surface area contributed by atoms with Gasteiger partial charge in [0.1, 0.15) is 0 Å². The average molecular weight is 263 g/mol. The SMILES string of the molecule is Cn1nccc1CNCc1cc(=O)n(C)c(=O)n1C. The molecule has 1 N–H and O–H groups in total. The van der Waals surface area contributed by atoms with Crippen molar-refractivity contribution >= 4 is 0 Å². The lowest BCUT2D eigenvalue weighted by molar-refractivity contribution is 0.581. The molecule has 0 aromatic carbocycles. The normalized spacial score (nSPS) is 10.9. The molecular weight excluding hydrogens is 246 g/mol. The van der Waals surface area contributed by atoms with Gasteiger partial charge in [0, 0.05) is 52.2 Å². The largest absolute Gasteiger partial charge is 0.330 e. The van der Waals surface area contributed by atoms with Crippen molar-refractivity contribution in [3.05, 3.63) is 50.6 Å². The fourth-order valence-corrected chi connectivity index (χ4v) is 1.84. The van der Waals surface area contributed by atoms with Gasteiger partial charge in [0.15, 0.2) is 0 Å². The number of hydrogen-bond acceptors (Lipinski definition) is 4. The van der Waals surface area contributed by atoms with Crippen LogP contribution >= 0.6 is 0 Å². The van der Waals surface area contributed by atoms with Gasteiger partial charge in [0.25, 0.3) is 5.56 Å². The molecular formula is C12H17N5O2. The zero-order chi connectivity index (χ0) is 14.0. The van der Waals surface area contributed by atoms with Crippen LogP contribution in [0.25, 0.3) is 0 Å². The Bertz CT molecular complexity index is 695. The Morgan fingerprint density at radius 1 is 1.11 bits per heavy atom. The molecule has 0 aliphatic heterocycles. The molecule has 2 aromatic rings. The molecule has 7 heteroatoms. The molecule has 2 aromatic heterocycles. The van der Waals surface area contributed by atoms with E-state index in [-0.39, 0.29) is 11.2 Å². The second-order valence-electron chi connectivity index (χ2n) is 4.42. The lowest BCUT2D eigenvalue weighted by atomic mass is 10.3. The van der Waals surface area contributed by atoms with Crippen LogP contribution in [0.2, 0.25) is 0 Å². The fourth-order valence-electron chi connectivity index (χ4n) is 1.84. The van der Waals surface area contributed by atoms with Crippen LogP contribution in [0.3, 0.4) is 0 Å². The monoisotopic (exact) mass is 263 g/mol. The highest BCUT2D eigenvalue weighted by molar-refractivity contribution is 5.03. The molecule has 0 saturated heterocycles. The third-order valence-corrected chi connectivity index (χ3v) is 3.16. The van der Waals surface area contributed by atoms with Crippen LogP contribution in [0.15, 0.2) is 27.9 Å². The zero-order valence-corrected chi connectivity index (χ0v) is 11.3. The molecule has 0 atom stereocenters. The van der Waals surface area contributed by atoms with Crippen LogP contribution in [-0.2, 0) is 34.2 Å². The first-order valence-corrected chi connectivity index (χ1v) is 5.94. The Hall–Kier alpha value is -2.15. The Labute approximate surface area is 110 Å². The maximum atomic E-state index is 11.7. The number of nitrogens with one attached hydrogen (secondary N) is 1. The summed E-state index contributed by atoms with van der Waals surface area (Å²) in [5.41, 5.74) is 1.09. The van der Waals surface area contributed by atoms with E-state index in [1.165, 1.54) is 17.7 Å². The molecule has 0 bridgehead atoms. The second kappa shape index (κ2) is 5.23. The Balaban J connectivity index is 2.11. The Morgan fingerprint density at radius 3 is 2.42 bits per heavy atom. The molecule has 7 nitrogen and oxygen atoms in total. The van der Waals surface area contributed by atoms with Crippen LogP contribution < -0.4 is 16.6 Å². The Kier molecular flexibility index (Phi) is 3.66. The van der Waals surface area contributed by atoms with E-state index in [4.69, 9.17) is 0 Å². The van der Waals surface area contributed by atoms with Crippen molar-refractivity contribution in [1.29, 1.82) is 0 Å². The van der Waals surface area contributed by atoms with Crippen molar-refractivity contribution in [2.24, 2.45) is 21.1 Å². The Morgan fingerprint density at radius 2 is 1.79 bits per heavy atom. The summed E-state index contributed by atoms with van der Waals surface area (Å²) in [6.45, 7) is 1.08. The number of aryl methyl sites for hydroxylation is 1. The highest BCUT2D eigenvalue weighted by Crippen LogP contribution is 1.96. The molecule has 0 aliphatic rings. The van der Waals surface area contributed by atoms with Crippen LogP contribution in [0, 0.1) is 0 Å². The predicted octanol–water partition coefficient (Wildman–Crippen LogP) is -0.893. The summed E-state index contributed by atoms with van der Waals surface area (Å²) in [4.78, 5) is 23.3. The number of nitrogens with zero attached hydrogens (tertiary/aromatic N) is 4. The third-order valence-electron chi connectivity index (χ3n) is 3.16. The van der Waals surface area contributed by atoms with Crippen LogP contribution in [-0.4, -0.2) is 18.9 Å². The van der Waals surface area contributed by atoms with Crippen molar-refractivity contribution in [1.82, 2.24) is 24.2 Å². The van der Waals surface area contributed by atoms with E-state index in [9.17, 15) is 9.59 Å². The topological polar surface area (TPSA) is 73.8 Å². The molecule has 0 fully saturated rings. The first kappa shape index (κ1) is 13.3. The van der Waals surface area contributed by atoms with Crippen molar-refractivity contribution < 1.29 is 0 Å². The first-order valence-electron chi connectivity index (χ1n) is 5.94. The first-order chi connectivity index (χ1) is 9.00. The molecule has 0 amide bonds. The second-order valence-corrected chi connectivity index (χ2v) is 4.42. The van der Waals surface area contributed by atoms with Gasteiger partial charge >= 0.3 is 5.69 Å². The summed E-state index contributed by atoms with van der Waals surface area (Å²) in [5, 5.41) is 7.26. The number of rotatable bonds is 4. The quantitative estimate of drug-likeness (QED) is 0.776. The fraction of sp³-hybridized carbons (Fsp3) is 0.417. The maximum absolute atomic E-state index is 11.7. The predicted molar refractivity (Wildman–Crippen MR) is 70.7 cm³/mol. The summed E-state index contributed by atoms with van der Waals surface area (Å²) in [6.07, 6.45) is 1.73. The summed E-state index contributed by atoms with van der Waals surface area (Å²) >= 11 is 0. The highest BCUT2D eigenvalue weighted by Gasteiger charge is 2.05. The standard InChI is InChI=1S/C12H17N5O2/c1-15-10(6-11(18)16(2)12(15)19)8-13-7-9-4-5-14-17(9)3/h4-6,13H,7-8H2,1-3H3. The summed E-state index contributed by atoms with van der Waals surface area (Å²) < 4.78 is 4.33. The lowest BCUT2D eigenvalue weighted by Crippen LogP contribution is -2.39. The summed E-state index contributed by atoms with van der Waals surface area (Å²) in [7, 11) is 4.99. The molecule has 0 unspecified atom stereocenters. The van der Waals surface area contributed by atoms with Gasteiger partial charge in [0.05, 0.1) is 5.69 Å². The van der Waals surface area contributed by atoms with Gasteiger partial charge < -0.3 is 5.32 Å². The van der Waals surface area contributed by atoms with Gasteiger partial charge in [0.2, 0.25) is 0 Å². The molecule has 2 rings (SSSR count). The van der Waals surface area contributed by atoms with Gasteiger partial charge in [-0.25, -0.2) is 4.79 Å². The minimum atomic E-state index is -0.315. The number of hydrogen-bond donors (Lipinski definition) is 1. The molecule has 102 valence electrons. The molecule has 0 radical (unpaired) electrons. The number of aromatic nitrogens is 4. The van der Waals surface area contributed by atoms with Gasteiger partial charge in [-0.3, -0.25) is 18.6 Å². The van der Waals surface area contributed by atoms with E-state index in [2.05, 4.69) is 10.4 Å². The molecule has 19 heavy (non-hydrogen) atoms. The van der Waals surface area contributed by atoms with Gasteiger partial charge in [-0.15, -0.1) is 0 Å². The highest BCUT2D eigenvalue weighted by atomic mass is 16.2. The lowest BCUT2D eigenvalue weighted by Gasteiger charge is -2.10. The van der Waals surface area contributed by atoms with E-state index in [0.29, 0.717) is 18.8 Å². The maximum Gasteiger partial charge on any atom is 0.330 e. The van der Waals surface area contributed by atoms with E-state index in [1.54, 1.807) is 17.9 Å². The van der Waals surface area contributed by atoms with Gasteiger partial charge in [-0.1, -0.05) is 0 Å². The van der Waals surface area contributed by atoms with E-state index >= 15 is 0 Å². The van der Waals surface area contributed by atoms with Crippen molar-refractivity contribution in [3.8, 4) is 0 Å². The van der Waals surface area contributed by atoms with Crippen LogP contribution in [0.1, 0.15) is 11.4 Å². The smallest absolute Gasteiger partial charge is 0.306 e. The van der Waals surface area contributed by atoms with Crippen LogP contribution in [0.5, 0.6) is 0 Å². The average Bonchev–Trinajstić information content (AvgIpc) is 2.79. The van der Waals surface area contributed by atoms with E-state index in [1.807, 2.05) is 13.1 Å². The zero-order valence-electron chi connectivity index (χ0n) is 11.3. The molecule has 2 heterocycles. The van der Waals surface area contributed by atoms with Crippen molar-refractivity contribution in [2.45, 2.75) is 13.1 Å². The van der Waals surface area contributed by atoms with Gasteiger partial charge in [-0.2, -0.15) is 5.10 Å². The van der Waals surface area contributed by atoms with E-state index in [0.717, 1.165) is 10.3 Å². The summed E-state index contributed by atoms with van der Waals surface area (Å²) in [5.74, 6) is 0. The molecule has 0 saturated carbocycles. The van der Waals surface area contributed by atoms with Crippen LogP contribution in [0.4, 0.5) is 0 Å². The third kappa shape index (κ3) is 2.65. The molecule has 0 aliphatic carbocycles. The van der Waals surface area contributed by atoms with Crippen molar-refractivity contribution in [3.63, 3.8) is 0 Å². The van der Waals surface area contributed by atoms with E-state index < -0.39 is 0 Å². The van der Waals surface area contributed by atoms with Gasteiger partial charge in [-0.05, 0) is 6.07 Å². The minimum Gasteiger partial charge on any atom is -0.306 e. The summed E-state index contributed by atoms with van der Waals surface area (Å²) in [6, 6.07) is 3.38.